The summed E-state index contributed by atoms with van der Waals surface area (Å²) in [5, 5.41) is 21.9. The first-order valence-electron chi connectivity index (χ1n) is 6.57. The van der Waals surface area contributed by atoms with Crippen LogP contribution < -0.4 is 5.32 Å². The lowest BCUT2D eigenvalue weighted by Gasteiger charge is -2.24. The maximum atomic E-state index is 13.9. The highest BCUT2D eigenvalue weighted by Gasteiger charge is 2.34. The topological polar surface area (TPSA) is 90.2 Å². The van der Waals surface area contributed by atoms with Gasteiger partial charge in [-0.3, -0.25) is 9.59 Å². The number of nitriles is 1. The molecule has 0 bridgehead atoms. The van der Waals surface area contributed by atoms with Crippen LogP contribution in [0.5, 0.6) is 0 Å². The Bertz CT molecular complexity index is 669. The summed E-state index contributed by atoms with van der Waals surface area (Å²) in [5.41, 5.74) is -0.0222. The zero-order chi connectivity index (χ0) is 16.1. The van der Waals surface area contributed by atoms with Crippen molar-refractivity contribution in [2.75, 3.05) is 5.32 Å². The Kier molecular flexibility index (Phi) is 5.17. The van der Waals surface area contributed by atoms with E-state index in [1.54, 1.807) is 12.2 Å². The third-order valence-electron chi connectivity index (χ3n) is 3.45. The van der Waals surface area contributed by atoms with Crippen LogP contribution in [0.15, 0.2) is 35.2 Å². The molecule has 1 aliphatic rings. The van der Waals surface area contributed by atoms with Gasteiger partial charge in [-0.15, -0.1) is 0 Å². The number of amides is 1. The molecule has 7 heteroatoms. The minimum Gasteiger partial charge on any atom is -0.481 e. The standard InChI is InChI=1S/C15H13FN2O3S/c16-12-7-9(22-8-17)5-6-13(12)18-14(19)10-3-1-2-4-11(10)15(20)21/h1-2,5-7,10-11H,3-4H2,(H,18,19)(H,20,21)/t10-,11-/m1/s1. The summed E-state index contributed by atoms with van der Waals surface area (Å²) < 4.78 is 13.9. The van der Waals surface area contributed by atoms with Crippen LogP contribution in [-0.2, 0) is 9.59 Å². The zero-order valence-corrected chi connectivity index (χ0v) is 12.3. The minimum absolute atomic E-state index is 0.0222. The summed E-state index contributed by atoms with van der Waals surface area (Å²) in [4.78, 5) is 23.8. The van der Waals surface area contributed by atoms with Crippen LogP contribution in [0.25, 0.3) is 0 Å². The molecule has 0 saturated carbocycles. The third kappa shape index (κ3) is 3.65. The quantitative estimate of drug-likeness (QED) is 0.505. The minimum atomic E-state index is -1.04. The summed E-state index contributed by atoms with van der Waals surface area (Å²) in [6, 6.07) is 4.03. The Morgan fingerprint density at radius 3 is 2.59 bits per heavy atom. The summed E-state index contributed by atoms with van der Waals surface area (Å²) in [5.74, 6) is -3.74. The molecule has 0 spiro atoms. The molecule has 1 aliphatic carbocycles. The molecule has 1 amide bonds. The first-order valence-corrected chi connectivity index (χ1v) is 7.38. The Labute approximate surface area is 130 Å². The Hall–Kier alpha value is -2.33. The number of carboxylic acids is 1. The number of thiocyanates is 1. The van der Waals surface area contributed by atoms with Crippen molar-refractivity contribution < 1.29 is 19.1 Å². The zero-order valence-electron chi connectivity index (χ0n) is 11.5. The molecule has 1 aromatic carbocycles. The van der Waals surface area contributed by atoms with Gasteiger partial charge in [0.05, 0.1) is 17.5 Å². The van der Waals surface area contributed by atoms with Crippen LogP contribution in [0.1, 0.15) is 12.8 Å². The van der Waals surface area contributed by atoms with E-state index in [1.807, 2.05) is 5.40 Å². The third-order valence-corrected chi connectivity index (χ3v) is 4.03. The number of thioether (sulfide) groups is 1. The van der Waals surface area contributed by atoms with Gasteiger partial charge in [0.2, 0.25) is 5.91 Å². The number of anilines is 1. The first kappa shape index (κ1) is 16.0. The number of carbonyl (C=O) groups is 2. The molecule has 0 aromatic heterocycles. The van der Waals surface area contributed by atoms with E-state index in [2.05, 4.69) is 5.32 Å². The molecule has 2 N–H and O–H groups in total. The highest BCUT2D eigenvalue weighted by atomic mass is 32.2. The lowest BCUT2D eigenvalue weighted by molar-refractivity contribution is -0.146. The number of aliphatic carboxylic acids is 1. The molecular formula is C15H13FN2O3S. The molecule has 5 nitrogen and oxygen atoms in total. The number of hydrogen-bond acceptors (Lipinski definition) is 4. The molecule has 22 heavy (non-hydrogen) atoms. The largest absolute Gasteiger partial charge is 0.481 e. The monoisotopic (exact) mass is 320 g/mol. The van der Waals surface area contributed by atoms with Gasteiger partial charge in [0.15, 0.2) is 0 Å². The van der Waals surface area contributed by atoms with E-state index in [9.17, 15) is 14.0 Å². The second-order valence-electron chi connectivity index (χ2n) is 4.82. The van der Waals surface area contributed by atoms with Crippen LogP contribution in [0.2, 0.25) is 0 Å². The van der Waals surface area contributed by atoms with E-state index in [-0.39, 0.29) is 12.1 Å². The highest BCUT2D eigenvalue weighted by molar-refractivity contribution is 8.03. The van der Waals surface area contributed by atoms with Crippen molar-refractivity contribution in [3.05, 3.63) is 36.2 Å². The van der Waals surface area contributed by atoms with E-state index in [0.717, 1.165) is 17.8 Å². The first-order chi connectivity index (χ1) is 10.5. The summed E-state index contributed by atoms with van der Waals surface area (Å²) in [7, 11) is 0. The smallest absolute Gasteiger partial charge is 0.307 e. The molecule has 2 rings (SSSR count). The van der Waals surface area contributed by atoms with Crippen LogP contribution in [0.3, 0.4) is 0 Å². The number of benzene rings is 1. The van der Waals surface area contributed by atoms with Crippen molar-refractivity contribution in [3.8, 4) is 5.40 Å². The van der Waals surface area contributed by atoms with Gasteiger partial charge in [-0.25, -0.2) is 4.39 Å². The predicted octanol–water partition coefficient (Wildman–Crippen LogP) is 3.00. The average Bonchev–Trinajstić information content (AvgIpc) is 2.50. The molecule has 0 heterocycles. The number of nitrogens with zero attached hydrogens (tertiary/aromatic N) is 1. The van der Waals surface area contributed by atoms with Crippen molar-refractivity contribution in [3.63, 3.8) is 0 Å². The number of carboxylic acid groups (broad SMARTS) is 1. The van der Waals surface area contributed by atoms with Gasteiger partial charge in [0.1, 0.15) is 11.2 Å². The van der Waals surface area contributed by atoms with Crippen molar-refractivity contribution >= 4 is 29.3 Å². The van der Waals surface area contributed by atoms with Crippen molar-refractivity contribution in [1.29, 1.82) is 5.26 Å². The van der Waals surface area contributed by atoms with Gasteiger partial charge in [-0.1, -0.05) is 12.2 Å². The van der Waals surface area contributed by atoms with Gasteiger partial charge < -0.3 is 10.4 Å². The number of hydrogen-bond donors (Lipinski definition) is 2. The molecule has 0 aliphatic heterocycles. The number of nitrogens with one attached hydrogen (secondary N) is 1. The van der Waals surface area contributed by atoms with Gasteiger partial charge in [0.25, 0.3) is 0 Å². The van der Waals surface area contributed by atoms with Crippen molar-refractivity contribution in [1.82, 2.24) is 0 Å². The average molecular weight is 320 g/mol. The fourth-order valence-electron chi connectivity index (χ4n) is 2.32. The van der Waals surface area contributed by atoms with E-state index in [0.29, 0.717) is 11.3 Å². The fourth-order valence-corrected chi connectivity index (χ4v) is 2.72. The molecule has 0 fully saturated rings. The van der Waals surface area contributed by atoms with Gasteiger partial charge >= 0.3 is 5.97 Å². The summed E-state index contributed by atoms with van der Waals surface area (Å²) >= 11 is 0.815. The summed E-state index contributed by atoms with van der Waals surface area (Å²) in [6.45, 7) is 0. The lowest BCUT2D eigenvalue weighted by atomic mass is 9.82. The van der Waals surface area contributed by atoms with Crippen molar-refractivity contribution in [2.45, 2.75) is 17.7 Å². The Balaban J connectivity index is 2.13. The fraction of sp³-hybridized carbons (Fsp3) is 0.267. The second kappa shape index (κ2) is 7.09. The van der Waals surface area contributed by atoms with Crippen LogP contribution >= 0.6 is 11.8 Å². The summed E-state index contributed by atoms with van der Waals surface area (Å²) in [6.07, 6.45) is 4.09. The molecule has 1 aromatic rings. The maximum absolute atomic E-state index is 13.9. The molecule has 0 radical (unpaired) electrons. The van der Waals surface area contributed by atoms with E-state index >= 15 is 0 Å². The molecule has 0 unspecified atom stereocenters. The number of rotatable bonds is 4. The molecule has 2 atom stereocenters. The Morgan fingerprint density at radius 1 is 1.32 bits per heavy atom. The predicted molar refractivity (Wildman–Crippen MR) is 79.5 cm³/mol. The van der Waals surface area contributed by atoms with E-state index in [1.165, 1.54) is 12.1 Å². The SMILES string of the molecule is N#CSc1ccc(NC(=O)[C@@H]2CC=CC[C@H]2C(=O)O)c(F)c1. The van der Waals surface area contributed by atoms with E-state index in [4.69, 9.17) is 10.4 Å². The van der Waals surface area contributed by atoms with Gasteiger partial charge in [0, 0.05) is 4.90 Å². The molecular weight excluding hydrogens is 307 g/mol. The normalized spacial score (nSPS) is 20.2. The van der Waals surface area contributed by atoms with Crippen molar-refractivity contribution in [2.24, 2.45) is 11.8 Å². The lowest BCUT2D eigenvalue weighted by Crippen LogP contribution is -2.34. The van der Waals surface area contributed by atoms with Gasteiger partial charge in [-0.2, -0.15) is 5.26 Å². The van der Waals surface area contributed by atoms with Gasteiger partial charge in [-0.05, 0) is 42.8 Å². The number of halogens is 1. The maximum Gasteiger partial charge on any atom is 0.307 e. The Morgan fingerprint density at radius 2 is 2.00 bits per heavy atom. The van der Waals surface area contributed by atoms with Crippen LogP contribution in [0, 0.1) is 28.3 Å². The van der Waals surface area contributed by atoms with E-state index < -0.39 is 29.5 Å². The number of allylic oxidation sites excluding steroid dienone is 2. The van der Waals surface area contributed by atoms with Crippen LogP contribution in [-0.4, -0.2) is 17.0 Å². The molecule has 0 saturated heterocycles. The number of carbonyl (C=O) groups excluding carboxylic acids is 1. The highest BCUT2D eigenvalue weighted by Crippen LogP contribution is 2.28. The van der Waals surface area contributed by atoms with Crippen LogP contribution in [0.4, 0.5) is 10.1 Å². The molecule has 114 valence electrons. The second-order valence-corrected chi connectivity index (χ2v) is 5.68.